The number of benzene rings is 2. The van der Waals surface area contributed by atoms with E-state index in [0.717, 1.165) is 23.4 Å². The lowest BCUT2D eigenvalue weighted by Crippen LogP contribution is -2.75. The molecule has 2 bridgehead atoms. The number of alkyl halides is 5. The van der Waals surface area contributed by atoms with Crippen LogP contribution in [0.4, 0.5) is 30.7 Å². The summed E-state index contributed by atoms with van der Waals surface area (Å²) in [4.78, 5) is 3.63. The van der Waals surface area contributed by atoms with Crippen molar-refractivity contribution in [3.63, 3.8) is 0 Å². The van der Waals surface area contributed by atoms with Crippen LogP contribution in [0, 0.1) is 17.0 Å². The van der Waals surface area contributed by atoms with E-state index >= 15 is 13.2 Å². The fourth-order valence-electron chi connectivity index (χ4n) is 5.53. The largest absolute Gasteiger partial charge is 0.293 e. The molecule has 6 rings (SSSR count). The molecule has 3 saturated carbocycles. The Morgan fingerprint density at radius 3 is 2.18 bits per heavy atom. The third-order valence-electron chi connectivity index (χ3n) is 7.17. The zero-order chi connectivity index (χ0) is 23.6. The monoisotopic (exact) mass is 469 g/mol. The van der Waals surface area contributed by atoms with Gasteiger partial charge in [0.15, 0.2) is 0 Å². The second-order valence-electron chi connectivity index (χ2n) is 9.11. The maximum absolute atomic E-state index is 16.4. The molecule has 0 radical (unpaired) electrons. The summed E-state index contributed by atoms with van der Waals surface area (Å²) in [6, 6.07) is 7.28. The average Bonchev–Trinajstić information content (AvgIpc) is 3.18. The van der Waals surface area contributed by atoms with E-state index in [2.05, 4.69) is 10.1 Å². The van der Waals surface area contributed by atoms with Crippen molar-refractivity contribution in [2.75, 3.05) is 0 Å². The number of hydrogen-bond donors (Lipinski definition) is 0. The molecule has 1 heterocycles. The van der Waals surface area contributed by atoms with Crippen LogP contribution in [-0.4, -0.2) is 20.7 Å². The van der Waals surface area contributed by atoms with Gasteiger partial charge in [-0.2, -0.15) is 5.10 Å². The van der Waals surface area contributed by atoms with Crippen LogP contribution in [0.15, 0.2) is 55.1 Å². The van der Waals surface area contributed by atoms with Crippen LogP contribution in [0.5, 0.6) is 0 Å². The highest BCUT2D eigenvalue weighted by Gasteiger charge is 2.82. The van der Waals surface area contributed by atoms with Gasteiger partial charge in [-0.25, -0.2) is 40.4 Å². The predicted molar refractivity (Wildman–Crippen MR) is 103 cm³/mol. The Balaban J connectivity index is 1.48. The smallest absolute Gasteiger partial charge is 0.249 e. The number of aromatic nitrogens is 3. The lowest BCUT2D eigenvalue weighted by molar-refractivity contribution is -0.332. The molecular weight excluding hydrogens is 451 g/mol. The van der Waals surface area contributed by atoms with Crippen LogP contribution < -0.4 is 0 Å². The van der Waals surface area contributed by atoms with E-state index in [1.165, 1.54) is 24.3 Å². The fraction of sp³-hybridized carbons (Fsp3) is 0.391. The topological polar surface area (TPSA) is 30.7 Å². The van der Waals surface area contributed by atoms with Gasteiger partial charge in [-0.05, 0) is 42.4 Å². The van der Waals surface area contributed by atoms with Crippen molar-refractivity contribution in [1.82, 2.24) is 14.8 Å². The SMILES string of the molecule is Fc1ccc([C@](F)(Cn2cncn2)C(F)(F)C23CC(c4ccc(C(F)F)cc4)(C2)C3)c(F)c1. The van der Waals surface area contributed by atoms with Gasteiger partial charge in [0.25, 0.3) is 12.3 Å². The van der Waals surface area contributed by atoms with E-state index in [1.54, 1.807) is 0 Å². The van der Waals surface area contributed by atoms with E-state index in [0.29, 0.717) is 17.7 Å². The Kier molecular flexibility index (Phi) is 4.68. The minimum atomic E-state index is -4.03. The Bertz CT molecular complexity index is 1160. The third-order valence-corrected chi connectivity index (χ3v) is 7.17. The molecule has 1 atom stereocenters. The molecule has 0 amide bonds. The number of hydrogen-bond acceptors (Lipinski definition) is 2. The molecule has 2 aromatic carbocycles. The summed E-state index contributed by atoms with van der Waals surface area (Å²) < 4.78 is 103. The standard InChI is InChI=1S/C23H18F7N3/c24-16-5-6-17(18(25)7-16)22(28,11-33-13-31-12-32-33)23(29,30)21-8-20(9-21,10-21)15-3-1-14(2-4-15)19(26)27/h1-7,12-13,19H,8-11H2/t20?,21?,22-/m1/s1. The Labute approximate surface area is 184 Å². The first-order chi connectivity index (χ1) is 15.5. The van der Waals surface area contributed by atoms with E-state index in [9.17, 15) is 17.6 Å². The molecule has 33 heavy (non-hydrogen) atoms. The molecule has 0 saturated heterocycles. The minimum absolute atomic E-state index is 0.0765. The van der Waals surface area contributed by atoms with Gasteiger partial charge in [0.05, 0.1) is 6.54 Å². The van der Waals surface area contributed by atoms with Crippen molar-refractivity contribution in [2.24, 2.45) is 5.41 Å². The first kappa shape index (κ1) is 21.9. The van der Waals surface area contributed by atoms with Gasteiger partial charge >= 0.3 is 0 Å². The van der Waals surface area contributed by atoms with Crippen LogP contribution in [-0.2, 0) is 17.6 Å². The average molecular weight is 469 g/mol. The van der Waals surface area contributed by atoms with Gasteiger partial charge in [-0.3, -0.25) is 0 Å². The van der Waals surface area contributed by atoms with Crippen LogP contribution in [0.25, 0.3) is 0 Å². The fourth-order valence-corrected chi connectivity index (χ4v) is 5.53. The summed E-state index contributed by atoms with van der Waals surface area (Å²) in [5.41, 5.74) is -6.41. The summed E-state index contributed by atoms with van der Waals surface area (Å²) in [5.74, 6) is -6.46. The van der Waals surface area contributed by atoms with Gasteiger partial charge in [0.2, 0.25) is 5.67 Å². The van der Waals surface area contributed by atoms with E-state index in [4.69, 9.17) is 0 Å². The van der Waals surface area contributed by atoms with Gasteiger partial charge in [0.1, 0.15) is 24.3 Å². The van der Waals surface area contributed by atoms with E-state index in [1.807, 2.05) is 0 Å². The van der Waals surface area contributed by atoms with Crippen LogP contribution >= 0.6 is 0 Å². The summed E-state index contributed by atoms with van der Waals surface area (Å²) >= 11 is 0. The maximum atomic E-state index is 16.4. The van der Waals surface area contributed by atoms with Gasteiger partial charge < -0.3 is 0 Å². The lowest BCUT2D eigenvalue weighted by Gasteiger charge is -2.74. The van der Waals surface area contributed by atoms with Crippen molar-refractivity contribution in [3.05, 3.63) is 83.4 Å². The molecule has 3 fully saturated rings. The molecule has 0 spiro atoms. The molecule has 3 aliphatic carbocycles. The molecule has 3 aromatic rings. The highest BCUT2D eigenvalue weighted by molar-refractivity contribution is 5.44. The minimum Gasteiger partial charge on any atom is -0.249 e. The highest BCUT2D eigenvalue weighted by atomic mass is 19.3. The normalized spacial score (nSPS) is 25.9. The van der Waals surface area contributed by atoms with Gasteiger partial charge in [-0.15, -0.1) is 0 Å². The highest BCUT2D eigenvalue weighted by Crippen LogP contribution is 2.80. The van der Waals surface area contributed by atoms with Crippen molar-refractivity contribution in [2.45, 2.75) is 49.2 Å². The molecule has 10 heteroatoms. The van der Waals surface area contributed by atoms with E-state index in [-0.39, 0.29) is 24.8 Å². The summed E-state index contributed by atoms with van der Waals surface area (Å²) in [5, 5.41) is 3.68. The molecule has 1 aromatic heterocycles. The number of rotatable bonds is 7. The predicted octanol–water partition coefficient (Wildman–Crippen LogP) is 6.12. The van der Waals surface area contributed by atoms with Crippen molar-refractivity contribution < 1.29 is 30.7 Å². The first-order valence-corrected chi connectivity index (χ1v) is 10.3. The van der Waals surface area contributed by atoms with Crippen LogP contribution in [0.1, 0.15) is 42.4 Å². The summed E-state index contributed by atoms with van der Waals surface area (Å²) in [6.45, 7) is -1.01. The van der Waals surface area contributed by atoms with Gasteiger partial charge in [-0.1, -0.05) is 24.3 Å². The van der Waals surface area contributed by atoms with Crippen LogP contribution in [0.2, 0.25) is 0 Å². The molecular formula is C23H18F7N3. The Hall–Kier alpha value is -2.91. The van der Waals surface area contributed by atoms with Crippen LogP contribution in [0.3, 0.4) is 0 Å². The van der Waals surface area contributed by atoms with Crippen molar-refractivity contribution in [3.8, 4) is 0 Å². The zero-order valence-electron chi connectivity index (χ0n) is 17.1. The summed E-state index contributed by atoms with van der Waals surface area (Å²) in [7, 11) is 0. The van der Waals surface area contributed by atoms with Gasteiger partial charge in [0, 0.05) is 22.6 Å². The molecule has 0 aliphatic heterocycles. The molecule has 3 nitrogen and oxygen atoms in total. The maximum Gasteiger partial charge on any atom is 0.293 e. The number of halogens is 7. The molecule has 3 aliphatic rings. The molecule has 0 unspecified atom stereocenters. The van der Waals surface area contributed by atoms with Crippen molar-refractivity contribution >= 4 is 0 Å². The van der Waals surface area contributed by atoms with E-state index < -0.39 is 52.6 Å². The second kappa shape index (κ2) is 7.04. The quantitative estimate of drug-likeness (QED) is 0.391. The Morgan fingerprint density at radius 2 is 1.64 bits per heavy atom. The second-order valence-corrected chi connectivity index (χ2v) is 9.11. The first-order valence-electron chi connectivity index (χ1n) is 10.3. The number of nitrogens with zero attached hydrogens (tertiary/aromatic N) is 3. The summed E-state index contributed by atoms with van der Waals surface area (Å²) in [6.07, 6.45) is -0.789. The Morgan fingerprint density at radius 1 is 0.970 bits per heavy atom. The van der Waals surface area contributed by atoms with Crippen molar-refractivity contribution in [1.29, 1.82) is 0 Å². The zero-order valence-corrected chi connectivity index (χ0v) is 17.1. The molecule has 174 valence electrons. The third kappa shape index (κ3) is 3.02. The molecule has 0 N–H and O–H groups in total. The lowest BCUT2D eigenvalue weighted by atomic mass is 9.30.